The van der Waals surface area contributed by atoms with Crippen LogP contribution in [0.3, 0.4) is 0 Å². The van der Waals surface area contributed by atoms with Gasteiger partial charge in [-0.25, -0.2) is 8.42 Å². The van der Waals surface area contributed by atoms with E-state index in [4.69, 9.17) is 0 Å². The minimum Gasteiger partial charge on any atom is -0.406 e. The highest BCUT2D eigenvalue weighted by Crippen LogP contribution is 2.27. The van der Waals surface area contributed by atoms with Crippen molar-refractivity contribution in [2.75, 3.05) is 16.2 Å². The molecule has 3 aromatic carbocycles. The molecule has 0 heterocycles. The van der Waals surface area contributed by atoms with Crippen LogP contribution in [0.25, 0.3) is 0 Å². The van der Waals surface area contributed by atoms with Crippen LogP contribution in [0.1, 0.15) is 0 Å². The second kappa shape index (κ2) is 9.61. The second-order valence-electron chi connectivity index (χ2n) is 6.42. The standard InChI is InChI=1S/C21H16BrF3N2O4S/c22-15-5-4-6-17(13-15)27(32(29,30)19-7-2-1-3-8-19)14-20(28)26-16-9-11-18(12-10-16)31-21(23,24)25/h1-13H,14H2,(H,26,28). The minimum atomic E-state index is -4.83. The van der Waals surface area contributed by atoms with E-state index >= 15 is 0 Å². The van der Waals surface area contributed by atoms with Crippen LogP contribution in [0.5, 0.6) is 5.75 Å². The molecule has 0 bridgehead atoms. The van der Waals surface area contributed by atoms with Gasteiger partial charge in [0.05, 0.1) is 10.6 Å². The quantitative estimate of drug-likeness (QED) is 0.458. The lowest BCUT2D eigenvalue weighted by Crippen LogP contribution is -2.38. The number of halogens is 4. The number of hydrogen-bond acceptors (Lipinski definition) is 4. The van der Waals surface area contributed by atoms with E-state index in [2.05, 4.69) is 26.0 Å². The van der Waals surface area contributed by atoms with Crippen molar-refractivity contribution in [3.8, 4) is 5.75 Å². The summed E-state index contributed by atoms with van der Waals surface area (Å²) in [5.41, 5.74) is 0.433. The number of amides is 1. The van der Waals surface area contributed by atoms with Crippen molar-refractivity contribution in [2.24, 2.45) is 0 Å². The lowest BCUT2D eigenvalue weighted by atomic mass is 10.3. The summed E-state index contributed by atoms with van der Waals surface area (Å²) in [5, 5.41) is 2.48. The largest absolute Gasteiger partial charge is 0.573 e. The third-order valence-electron chi connectivity index (χ3n) is 4.09. The molecule has 0 radical (unpaired) electrons. The average Bonchev–Trinajstić information content (AvgIpc) is 2.73. The van der Waals surface area contributed by atoms with Crippen LogP contribution >= 0.6 is 15.9 Å². The Kier molecular flexibility index (Phi) is 7.09. The van der Waals surface area contributed by atoms with Crippen LogP contribution in [0.2, 0.25) is 0 Å². The fourth-order valence-electron chi connectivity index (χ4n) is 2.74. The van der Waals surface area contributed by atoms with Crippen LogP contribution in [0.4, 0.5) is 24.5 Å². The van der Waals surface area contributed by atoms with Gasteiger partial charge in [-0.2, -0.15) is 0 Å². The van der Waals surface area contributed by atoms with Crippen molar-refractivity contribution in [1.29, 1.82) is 0 Å². The predicted octanol–water partition coefficient (Wildman–Crippen LogP) is 5.18. The molecule has 1 amide bonds. The van der Waals surface area contributed by atoms with Gasteiger partial charge in [0.2, 0.25) is 5.91 Å². The van der Waals surface area contributed by atoms with Crippen LogP contribution < -0.4 is 14.4 Å². The molecule has 0 atom stereocenters. The molecular weight excluding hydrogens is 513 g/mol. The first kappa shape index (κ1) is 23.6. The van der Waals surface area contributed by atoms with Gasteiger partial charge in [-0.05, 0) is 54.6 Å². The van der Waals surface area contributed by atoms with E-state index in [-0.39, 0.29) is 16.3 Å². The van der Waals surface area contributed by atoms with E-state index in [9.17, 15) is 26.4 Å². The number of nitrogens with one attached hydrogen (secondary N) is 1. The highest BCUT2D eigenvalue weighted by atomic mass is 79.9. The molecule has 32 heavy (non-hydrogen) atoms. The molecule has 6 nitrogen and oxygen atoms in total. The van der Waals surface area contributed by atoms with Crippen molar-refractivity contribution in [2.45, 2.75) is 11.3 Å². The Labute approximate surface area is 190 Å². The Hall–Kier alpha value is -3.05. The monoisotopic (exact) mass is 528 g/mol. The Balaban J connectivity index is 1.83. The van der Waals surface area contributed by atoms with Gasteiger partial charge in [0.25, 0.3) is 10.0 Å². The molecule has 0 aliphatic carbocycles. The van der Waals surface area contributed by atoms with Crippen molar-refractivity contribution in [3.63, 3.8) is 0 Å². The van der Waals surface area contributed by atoms with Crippen molar-refractivity contribution < 1.29 is 31.1 Å². The summed E-state index contributed by atoms with van der Waals surface area (Å²) in [5.74, 6) is -1.13. The number of carbonyl (C=O) groups excluding carboxylic acids is 1. The first-order chi connectivity index (χ1) is 15.0. The lowest BCUT2D eigenvalue weighted by Gasteiger charge is -2.24. The summed E-state index contributed by atoms with van der Waals surface area (Å²) in [4.78, 5) is 12.6. The van der Waals surface area contributed by atoms with Crippen LogP contribution in [-0.2, 0) is 14.8 Å². The van der Waals surface area contributed by atoms with Crippen molar-refractivity contribution >= 4 is 43.2 Å². The lowest BCUT2D eigenvalue weighted by molar-refractivity contribution is -0.274. The van der Waals surface area contributed by atoms with E-state index in [1.54, 1.807) is 42.5 Å². The maximum Gasteiger partial charge on any atom is 0.573 e. The number of alkyl halides is 3. The van der Waals surface area contributed by atoms with Crippen LogP contribution in [0.15, 0.2) is 88.2 Å². The number of benzene rings is 3. The smallest absolute Gasteiger partial charge is 0.406 e. The van der Waals surface area contributed by atoms with Gasteiger partial charge in [0.1, 0.15) is 12.3 Å². The summed E-state index contributed by atoms with van der Waals surface area (Å²) in [6.07, 6.45) is -4.83. The zero-order valence-electron chi connectivity index (χ0n) is 16.2. The molecule has 0 fully saturated rings. The SMILES string of the molecule is O=C(CN(c1cccc(Br)c1)S(=O)(=O)c1ccccc1)Nc1ccc(OC(F)(F)F)cc1. The summed E-state index contributed by atoms with van der Waals surface area (Å²) in [6, 6.07) is 18.6. The van der Waals surface area contributed by atoms with Gasteiger partial charge in [-0.3, -0.25) is 9.10 Å². The molecule has 0 spiro atoms. The number of sulfonamides is 1. The van der Waals surface area contributed by atoms with Gasteiger partial charge in [-0.1, -0.05) is 40.2 Å². The zero-order chi connectivity index (χ0) is 23.4. The fourth-order valence-corrected chi connectivity index (χ4v) is 4.56. The van der Waals surface area contributed by atoms with E-state index < -0.39 is 34.6 Å². The fraction of sp³-hybridized carbons (Fsp3) is 0.0952. The summed E-state index contributed by atoms with van der Waals surface area (Å²) in [6.45, 7) is -0.561. The Morgan fingerprint density at radius 1 is 0.969 bits per heavy atom. The summed E-state index contributed by atoms with van der Waals surface area (Å²) < 4.78 is 68.6. The van der Waals surface area contributed by atoms with E-state index in [0.29, 0.717) is 4.47 Å². The van der Waals surface area contributed by atoms with Gasteiger partial charge < -0.3 is 10.1 Å². The molecule has 3 rings (SSSR count). The number of ether oxygens (including phenoxy) is 1. The Morgan fingerprint density at radius 3 is 2.22 bits per heavy atom. The highest BCUT2D eigenvalue weighted by molar-refractivity contribution is 9.10. The molecular formula is C21H16BrF3N2O4S. The highest BCUT2D eigenvalue weighted by Gasteiger charge is 2.31. The molecule has 0 unspecified atom stereocenters. The molecule has 3 aromatic rings. The second-order valence-corrected chi connectivity index (χ2v) is 9.20. The first-order valence-corrected chi connectivity index (χ1v) is 11.3. The summed E-state index contributed by atoms with van der Waals surface area (Å²) in [7, 11) is -4.08. The summed E-state index contributed by atoms with van der Waals surface area (Å²) >= 11 is 3.29. The molecule has 0 aliphatic rings. The molecule has 1 N–H and O–H groups in total. The van der Waals surface area contributed by atoms with Crippen molar-refractivity contribution in [3.05, 3.63) is 83.3 Å². The number of rotatable bonds is 7. The predicted molar refractivity (Wildman–Crippen MR) is 117 cm³/mol. The molecule has 0 aliphatic heterocycles. The number of nitrogens with zero attached hydrogens (tertiary/aromatic N) is 1. The number of anilines is 2. The minimum absolute atomic E-state index is 0.00132. The molecule has 0 saturated heterocycles. The maximum absolute atomic E-state index is 13.2. The number of carbonyl (C=O) groups is 1. The molecule has 0 saturated carbocycles. The van der Waals surface area contributed by atoms with Crippen LogP contribution in [-0.4, -0.2) is 27.2 Å². The number of hydrogen-bond donors (Lipinski definition) is 1. The third-order valence-corrected chi connectivity index (χ3v) is 6.37. The van der Waals surface area contributed by atoms with Gasteiger partial charge >= 0.3 is 6.36 Å². The first-order valence-electron chi connectivity index (χ1n) is 9.04. The topological polar surface area (TPSA) is 75.7 Å². The van der Waals surface area contributed by atoms with Gasteiger partial charge in [-0.15, -0.1) is 13.2 Å². The average molecular weight is 529 g/mol. The Bertz CT molecular complexity index is 1190. The third kappa shape index (κ3) is 6.24. The molecule has 11 heteroatoms. The molecule has 168 valence electrons. The van der Waals surface area contributed by atoms with E-state index in [1.165, 1.54) is 24.3 Å². The van der Waals surface area contributed by atoms with Crippen LogP contribution in [0, 0.1) is 0 Å². The van der Waals surface area contributed by atoms with Gasteiger partial charge in [0, 0.05) is 10.2 Å². The molecule has 0 aromatic heterocycles. The van der Waals surface area contributed by atoms with E-state index in [1.807, 2.05) is 0 Å². The maximum atomic E-state index is 13.2. The van der Waals surface area contributed by atoms with Gasteiger partial charge in [0.15, 0.2) is 0 Å². The zero-order valence-corrected chi connectivity index (χ0v) is 18.6. The van der Waals surface area contributed by atoms with Crippen molar-refractivity contribution in [1.82, 2.24) is 0 Å². The van der Waals surface area contributed by atoms with E-state index in [0.717, 1.165) is 16.4 Å². The normalized spacial score (nSPS) is 11.6. The Morgan fingerprint density at radius 2 is 1.62 bits per heavy atom.